The fourth-order valence-electron chi connectivity index (χ4n) is 4.00. The minimum Gasteiger partial charge on any atom is -0.335 e. The molecule has 0 radical (unpaired) electrons. The summed E-state index contributed by atoms with van der Waals surface area (Å²) in [4.78, 5) is 32.3. The smallest absolute Gasteiger partial charge is 0.264 e. The fraction of sp³-hybridized carbons (Fsp3) is 0.429. The molecule has 0 aliphatic carbocycles. The van der Waals surface area contributed by atoms with Gasteiger partial charge in [-0.05, 0) is 42.8 Å². The van der Waals surface area contributed by atoms with E-state index in [-0.39, 0.29) is 17.9 Å². The van der Waals surface area contributed by atoms with E-state index in [0.717, 1.165) is 36.5 Å². The molecular weight excluding hydrogens is 358 g/mol. The van der Waals surface area contributed by atoms with Crippen molar-refractivity contribution in [1.29, 1.82) is 0 Å². The molecule has 2 aliphatic heterocycles. The van der Waals surface area contributed by atoms with Gasteiger partial charge in [0.25, 0.3) is 5.91 Å². The van der Waals surface area contributed by atoms with Crippen LogP contribution in [-0.4, -0.2) is 60.4 Å². The van der Waals surface area contributed by atoms with Crippen molar-refractivity contribution in [2.45, 2.75) is 25.8 Å². The van der Waals surface area contributed by atoms with Gasteiger partial charge >= 0.3 is 0 Å². The highest BCUT2D eigenvalue weighted by Crippen LogP contribution is 2.30. The number of piperazine rings is 1. The fourth-order valence-corrected chi connectivity index (χ4v) is 4.69. The lowest BCUT2D eigenvalue weighted by Gasteiger charge is -2.38. The number of hydrogen-bond acceptors (Lipinski definition) is 4. The Morgan fingerprint density at radius 1 is 1.07 bits per heavy atom. The summed E-state index contributed by atoms with van der Waals surface area (Å²) < 4.78 is 0. The van der Waals surface area contributed by atoms with Gasteiger partial charge in [0.2, 0.25) is 5.91 Å². The Labute approximate surface area is 164 Å². The predicted octanol–water partition coefficient (Wildman–Crippen LogP) is 2.87. The molecule has 3 heterocycles. The Hall–Kier alpha value is -2.18. The third-order valence-electron chi connectivity index (χ3n) is 5.54. The highest BCUT2D eigenvalue weighted by Gasteiger charge is 2.30. The zero-order chi connectivity index (χ0) is 18.8. The van der Waals surface area contributed by atoms with Crippen LogP contribution in [0.5, 0.6) is 0 Å². The van der Waals surface area contributed by atoms with E-state index < -0.39 is 0 Å². The highest BCUT2D eigenvalue weighted by molar-refractivity contribution is 7.12. The molecule has 5 nitrogen and oxygen atoms in total. The molecule has 2 amide bonds. The number of anilines is 1. The number of para-hydroxylation sites is 1. The molecule has 27 heavy (non-hydrogen) atoms. The van der Waals surface area contributed by atoms with Gasteiger partial charge in [-0.2, -0.15) is 0 Å². The number of aryl methyl sites for hydroxylation is 1. The van der Waals surface area contributed by atoms with E-state index in [1.165, 1.54) is 16.9 Å². The lowest BCUT2D eigenvalue weighted by atomic mass is 9.96. The van der Waals surface area contributed by atoms with E-state index in [0.29, 0.717) is 19.6 Å². The SMILES string of the molecule is CC1CCc2ccccc2N1C(=O)CN1CCN(C(=O)c2cccs2)CC1. The van der Waals surface area contributed by atoms with Crippen molar-refractivity contribution < 1.29 is 9.59 Å². The number of amides is 2. The minimum absolute atomic E-state index is 0.106. The van der Waals surface area contributed by atoms with Crippen LogP contribution in [0, 0.1) is 0 Å². The monoisotopic (exact) mass is 383 g/mol. The number of nitrogens with zero attached hydrogens (tertiary/aromatic N) is 3. The van der Waals surface area contributed by atoms with Crippen LogP contribution in [0.25, 0.3) is 0 Å². The normalized spacial score (nSPS) is 20.4. The maximum absolute atomic E-state index is 13.0. The molecule has 6 heteroatoms. The van der Waals surface area contributed by atoms with Crippen molar-refractivity contribution in [1.82, 2.24) is 9.80 Å². The van der Waals surface area contributed by atoms with Crippen LogP contribution in [0.2, 0.25) is 0 Å². The van der Waals surface area contributed by atoms with Gasteiger partial charge in [0.15, 0.2) is 0 Å². The first-order valence-electron chi connectivity index (χ1n) is 9.58. The van der Waals surface area contributed by atoms with E-state index >= 15 is 0 Å². The zero-order valence-electron chi connectivity index (χ0n) is 15.6. The first-order valence-corrected chi connectivity index (χ1v) is 10.5. The number of benzene rings is 1. The first-order chi connectivity index (χ1) is 13.1. The average molecular weight is 384 g/mol. The summed E-state index contributed by atoms with van der Waals surface area (Å²) in [6.07, 6.45) is 2.04. The molecule has 0 N–H and O–H groups in total. The largest absolute Gasteiger partial charge is 0.335 e. The van der Waals surface area contributed by atoms with Crippen molar-refractivity contribution in [3.05, 3.63) is 52.2 Å². The first kappa shape index (κ1) is 18.2. The zero-order valence-corrected chi connectivity index (χ0v) is 16.5. The summed E-state index contributed by atoms with van der Waals surface area (Å²) in [5.41, 5.74) is 2.32. The second-order valence-electron chi connectivity index (χ2n) is 7.33. The van der Waals surface area contributed by atoms with Gasteiger partial charge in [0, 0.05) is 37.9 Å². The lowest BCUT2D eigenvalue weighted by molar-refractivity contribution is -0.120. The molecule has 2 aliphatic rings. The maximum atomic E-state index is 13.0. The third kappa shape index (κ3) is 3.77. The summed E-state index contributed by atoms with van der Waals surface area (Å²) >= 11 is 1.48. The molecule has 4 rings (SSSR count). The molecule has 1 unspecified atom stereocenters. The molecule has 0 bridgehead atoms. The Morgan fingerprint density at radius 3 is 2.59 bits per heavy atom. The topological polar surface area (TPSA) is 43.9 Å². The maximum Gasteiger partial charge on any atom is 0.264 e. The Morgan fingerprint density at radius 2 is 1.85 bits per heavy atom. The minimum atomic E-state index is 0.106. The number of fused-ring (bicyclic) bond motifs is 1. The van der Waals surface area contributed by atoms with Crippen LogP contribution < -0.4 is 4.90 Å². The van der Waals surface area contributed by atoms with Crippen LogP contribution in [0.4, 0.5) is 5.69 Å². The van der Waals surface area contributed by atoms with Crippen molar-refractivity contribution in [3.63, 3.8) is 0 Å². The van der Waals surface area contributed by atoms with Gasteiger partial charge in [0.1, 0.15) is 0 Å². The summed E-state index contributed by atoms with van der Waals surface area (Å²) in [6.45, 7) is 5.39. The quantitative estimate of drug-likeness (QED) is 0.819. The van der Waals surface area contributed by atoms with Crippen LogP contribution in [0.1, 0.15) is 28.6 Å². The summed E-state index contributed by atoms with van der Waals surface area (Å²) in [5, 5.41) is 1.93. The van der Waals surface area contributed by atoms with Gasteiger partial charge in [-0.1, -0.05) is 24.3 Å². The van der Waals surface area contributed by atoms with Crippen molar-refractivity contribution in [3.8, 4) is 0 Å². The molecule has 142 valence electrons. The predicted molar refractivity (Wildman–Crippen MR) is 108 cm³/mol. The average Bonchev–Trinajstić information content (AvgIpc) is 3.22. The number of carbonyl (C=O) groups excluding carboxylic acids is 2. The Balaban J connectivity index is 1.37. The van der Waals surface area contributed by atoms with Crippen molar-refractivity contribution in [2.75, 3.05) is 37.6 Å². The molecule has 0 saturated carbocycles. The lowest BCUT2D eigenvalue weighted by Crippen LogP contribution is -2.53. The second-order valence-corrected chi connectivity index (χ2v) is 8.27. The van der Waals surface area contributed by atoms with Gasteiger partial charge in [-0.15, -0.1) is 11.3 Å². The van der Waals surface area contributed by atoms with E-state index in [9.17, 15) is 9.59 Å². The molecular formula is C21H25N3O2S. The Bertz CT molecular complexity index is 813. The second kappa shape index (κ2) is 7.82. The highest BCUT2D eigenvalue weighted by atomic mass is 32.1. The van der Waals surface area contributed by atoms with Crippen molar-refractivity contribution >= 4 is 28.8 Å². The van der Waals surface area contributed by atoms with E-state index in [2.05, 4.69) is 24.0 Å². The molecule has 1 saturated heterocycles. The third-order valence-corrected chi connectivity index (χ3v) is 6.40. The number of carbonyl (C=O) groups is 2. The number of rotatable bonds is 3. The van der Waals surface area contributed by atoms with E-state index in [1.54, 1.807) is 0 Å². The molecule has 1 aromatic carbocycles. The summed E-state index contributed by atoms with van der Waals surface area (Å²) in [7, 11) is 0. The van der Waals surface area contributed by atoms with E-state index in [4.69, 9.17) is 0 Å². The van der Waals surface area contributed by atoms with Gasteiger partial charge in [-0.25, -0.2) is 0 Å². The van der Waals surface area contributed by atoms with Crippen LogP contribution in [0.15, 0.2) is 41.8 Å². The summed E-state index contributed by atoms with van der Waals surface area (Å²) in [6, 6.07) is 12.2. The van der Waals surface area contributed by atoms with Gasteiger partial charge < -0.3 is 9.80 Å². The molecule has 1 atom stereocenters. The van der Waals surface area contributed by atoms with Crippen LogP contribution in [0.3, 0.4) is 0 Å². The number of hydrogen-bond donors (Lipinski definition) is 0. The molecule has 0 spiro atoms. The molecule has 2 aromatic rings. The van der Waals surface area contributed by atoms with Gasteiger partial charge in [0.05, 0.1) is 11.4 Å². The Kier molecular flexibility index (Phi) is 5.27. The standard InChI is InChI=1S/C21H25N3O2S/c1-16-8-9-17-5-2-3-6-18(17)24(16)20(25)15-22-10-12-23(13-11-22)21(26)19-7-4-14-27-19/h2-7,14,16H,8-13,15H2,1H3. The summed E-state index contributed by atoms with van der Waals surface area (Å²) in [5.74, 6) is 0.266. The molecule has 1 fully saturated rings. The number of thiophene rings is 1. The molecule has 1 aromatic heterocycles. The van der Waals surface area contributed by atoms with Crippen LogP contribution >= 0.6 is 11.3 Å². The van der Waals surface area contributed by atoms with E-state index in [1.807, 2.05) is 39.4 Å². The van der Waals surface area contributed by atoms with Gasteiger partial charge in [-0.3, -0.25) is 14.5 Å². The van der Waals surface area contributed by atoms with Crippen molar-refractivity contribution in [2.24, 2.45) is 0 Å². The van der Waals surface area contributed by atoms with Crippen LogP contribution in [-0.2, 0) is 11.2 Å².